The first-order valence-electron chi connectivity index (χ1n) is 8.30. The highest BCUT2D eigenvalue weighted by molar-refractivity contribution is 7.20. The molecule has 2 aromatic heterocycles. The number of thiazole rings is 1. The van der Waals surface area contributed by atoms with Gasteiger partial charge in [0.2, 0.25) is 5.91 Å². The van der Waals surface area contributed by atoms with Gasteiger partial charge in [-0.15, -0.1) is 11.3 Å². The van der Waals surface area contributed by atoms with E-state index in [2.05, 4.69) is 5.32 Å². The van der Waals surface area contributed by atoms with Crippen LogP contribution in [-0.2, 0) is 16.1 Å². The Bertz CT molecular complexity index is 1020. The van der Waals surface area contributed by atoms with Crippen LogP contribution in [0.2, 0.25) is 0 Å². The zero-order chi connectivity index (χ0) is 19.4. The minimum Gasteiger partial charge on any atom is -0.462 e. The number of carbonyl (C=O) groups is 2. The molecule has 8 heteroatoms. The molecule has 0 atom stereocenters. The van der Waals surface area contributed by atoms with Crippen molar-refractivity contribution in [3.63, 3.8) is 0 Å². The molecule has 3 rings (SSSR count). The predicted molar refractivity (Wildman–Crippen MR) is 108 cm³/mol. The number of nitrogens with zero attached hydrogens (tertiary/aromatic N) is 1. The topological polar surface area (TPSA) is 77.4 Å². The molecule has 0 aliphatic rings. The Kier molecular flexibility index (Phi) is 5.88. The molecule has 140 valence electrons. The lowest BCUT2D eigenvalue weighted by Gasteiger charge is -2.07. The maximum Gasteiger partial charge on any atom is 0.341 e. The summed E-state index contributed by atoms with van der Waals surface area (Å²) in [5, 5.41) is 4.88. The second-order valence-electron chi connectivity index (χ2n) is 5.72. The second-order valence-corrected chi connectivity index (χ2v) is 7.59. The number of hydrogen-bond acceptors (Lipinski definition) is 6. The molecule has 0 saturated carbocycles. The fraction of sp³-hybridized carbons (Fsp3) is 0.211. The summed E-state index contributed by atoms with van der Waals surface area (Å²) in [5.41, 5.74) is 1.98. The van der Waals surface area contributed by atoms with Gasteiger partial charge in [-0.25, -0.2) is 4.79 Å². The Morgan fingerprint density at radius 3 is 2.59 bits per heavy atom. The van der Waals surface area contributed by atoms with Gasteiger partial charge in [-0.05, 0) is 25.5 Å². The van der Waals surface area contributed by atoms with E-state index >= 15 is 0 Å². The monoisotopic (exact) mass is 402 g/mol. The van der Waals surface area contributed by atoms with Crippen molar-refractivity contribution < 1.29 is 14.3 Å². The Balaban J connectivity index is 1.88. The van der Waals surface area contributed by atoms with Gasteiger partial charge in [-0.3, -0.25) is 14.2 Å². The molecule has 0 bridgehead atoms. The maximum absolute atomic E-state index is 12.5. The number of benzene rings is 1. The van der Waals surface area contributed by atoms with E-state index in [9.17, 15) is 14.4 Å². The van der Waals surface area contributed by atoms with Gasteiger partial charge in [0, 0.05) is 16.0 Å². The van der Waals surface area contributed by atoms with Crippen molar-refractivity contribution in [2.45, 2.75) is 20.4 Å². The Labute approximate surface area is 164 Å². The van der Waals surface area contributed by atoms with Crippen molar-refractivity contribution in [1.29, 1.82) is 0 Å². The number of thiophene rings is 1. The lowest BCUT2D eigenvalue weighted by atomic mass is 10.1. The molecule has 0 saturated heterocycles. The van der Waals surface area contributed by atoms with Crippen molar-refractivity contribution in [2.24, 2.45) is 0 Å². The zero-order valence-corrected chi connectivity index (χ0v) is 16.5. The van der Waals surface area contributed by atoms with Crippen LogP contribution in [-0.4, -0.2) is 23.1 Å². The van der Waals surface area contributed by atoms with E-state index in [0.29, 0.717) is 10.6 Å². The molecular weight excluding hydrogens is 384 g/mol. The Morgan fingerprint density at radius 1 is 1.22 bits per heavy atom. The van der Waals surface area contributed by atoms with Gasteiger partial charge in [0.05, 0.1) is 12.2 Å². The van der Waals surface area contributed by atoms with Crippen LogP contribution < -0.4 is 10.2 Å². The highest BCUT2D eigenvalue weighted by Crippen LogP contribution is 2.35. The molecule has 0 unspecified atom stereocenters. The molecule has 0 aliphatic heterocycles. The molecule has 1 aromatic carbocycles. The van der Waals surface area contributed by atoms with Gasteiger partial charge in [0.25, 0.3) is 0 Å². The average molecular weight is 402 g/mol. The Morgan fingerprint density at radius 2 is 1.96 bits per heavy atom. The fourth-order valence-electron chi connectivity index (χ4n) is 2.49. The summed E-state index contributed by atoms with van der Waals surface area (Å²) in [6, 6.07) is 11.3. The highest BCUT2D eigenvalue weighted by atomic mass is 32.1. The predicted octanol–water partition coefficient (Wildman–Crippen LogP) is 3.76. The summed E-state index contributed by atoms with van der Waals surface area (Å²) in [5.74, 6) is -0.860. The van der Waals surface area contributed by atoms with Crippen molar-refractivity contribution in [2.75, 3.05) is 11.9 Å². The number of ether oxygens (including phenoxy) is 1. The number of aryl methyl sites for hydroxylation is 1. The summed E-state index contributed by atoms with van der Waals surface area (Å²) < 4.78 is 6.50. The first-order chi connectivity index (χ1) is 13.0. The SMILES string of the molecule is CCOC(=O)c1cc(-c2ccccc2)sc1NC(=O)Cn1c(C)csc1=O. The number of aromatic nitrogens is 1. The molecule has 1 N–H and O–H groups in total. The summed E-state index contributed by atoms with van der Waals surface area (Å²) in [7, 11) is 0. The van der Waals surface area contributed by atoms with Crippen LogP contribution in [0.5, 0.6) is 0 Å². The summed E-state index contributed by atoms with van der Waals surface area (Å²) >= 11 is 2.35. The van der Waals surface area contributed by atoms with Gasteiger partial charge < -0.3 is 10.1 Å². The van der Waals surface area contributed by atoms with Crippen LogP contribution in [0.25, 0.3) is 10.4 Å². The molecule has 0 aliphatic carbocycles. The second kappa shape index (κ2) is 8.32. The molecular formula is C19H18N2O4S2. The lowest BCUT2D eigenvalue weighted by Crippen LogP contribution is -2.25. The molecule has 0 spiro atoms. The van der Waals surface area contributed by atoms with E-state index in [4.69, 9.17) is 4.74 Å². The molecule has 0 radical (unpaired) electrons. The zero-order valence-electron chi connectivity index (χ0n) is 14.9. The van der Waals surface area contributed by atoms with Crippen molar-refractivity contribution in [1.82, 2.24) is 4.57 Å². The summed E-state index contributed by atoms with van der Waals surface area (Å²) in [4.78, 5) is 37.2. The van der Waals surface area contributed by atoms with E-state index in [1.807, 2.05) is 30.3 Å². The molecule has 2 heterocycles. The van der Waals surface area contributed by atoms with Crippen LogP contribution in [0.15, 0.2) is 46.6 Å². The van der Waals surface area contributed by atoms with Crippen molar-refractivity contribution >= 4 is 39.6 Å². The third-order valence-corrected chi connectivity index (χ3v) is 5.80. The summed E-state index contributed by atoms with van der Waals surface area (Å²) in [6.07, 6.45) is 0. The van der Waals surface area contributed by atoms with E-state index in [1.54, 1.807) is 25.3 Å². The number of carbonyl (C=O) groups excluding carboxylic acids is 2. The smallest absolute Gasteiger partial charge is 0.341 e. The molecule has 0 fully saturated rings. The van der Waals surface area contributed by atoms with E-state index in [-0.39, 0.29) is 23.9 Å². The highest BCUT2D eigenvalue weighted by Gasteiger charge is 2.20. The van der Waals surface area contributed by atoms with Crippen LogP contribution in [0, 0.1) is 6.92 Å². The van der Waals surface area contributed by atoms with Gasteiger partial charge in [-0.1, -0.05) is 41.7 Å². The average Bonchev–Trinajstić information content (AvgIpc) is 3.21. The minimum absolute atomic E-state index is 0.102. The van der Waals surface area contributed by atoms with E-state index < -0.39 is 5.97 Å². The number of nitrogens with one attached hydrogen (secondary N) is 1. The number of esters is 1. The molecule has 6 nitrogen and oxygen atoms in total. The van der Waals surface area contributed by atoms with Gasteiger partial charge in [0.1, 0.15) is 11.5 Å². The van der Waals surface area contributed by atoms with E-state index in [1.165, 1.54) is 15.9 Å². The van der Waals surface area contributed by atoms with Crippen LogP contribution in [0.3, 0.4) is 0 Å². The number of hydrogen-bond donors (Lipinski definition) is 1. The van der Waals surface area contributed by atoms with Gasteiger partial charge >= 0.3 is 10.8 Å². The lowest BCUT2D eigenvalue weighted by molar-refractivity contribution is -0.116. The fourth-order valence-corrected chi connectivity index (χ4v) is 4.30. The number of anilines is 1. The summed E-state index contributed by atoms with van der Waals surface area (Å²) in [6.45, 7) is 3.64. The third kappa shape index (κ3) is 4.35. The van der Waals surface area contributed by atoms with Crippen molar-refractivity contribution in [3.05, 3.63) is 62.7 Å². The molecule has 3 aromatic rings. The standard InChI is InChI=1S/C19H18N2O4S2/c1-3-25-18(23)14-9-15(13-7-5-4-6-8-13)27-17(14)20-16(22)10-21-12(2)11-26-19(21)24/h4-9,11H,3,10H2,1-2H3,(H,20,22). The van der Waals surface area contributed by atoms with Crippen LogP contribution in [0.1, 0.15) is 23.0 Å². The van der Waals surface area contributed by atoms with E-state index in [0.717, 1.165) is 27.5 Å². The Hall–Kier alpha value is -2.71. The maximum atomic E-state index is 12.5. The normalized spacial score (nSPS) is 10.6. The van der Waals surface area contributed by atoms with Crippen molar-refractivity contribution in [3.8, 4) is 10.4 Å². The number of amides is 1. The quantitative estimate of drug-likeness (QED) is 0.637. The first-order valence-corrected chi connectivity index (χ1v) is 10.0. The molecule has 1 amide bonds. The van der Waals surface area contributed by atoms with Crippen LogP contribution in [0.4, 0.5) is 5.00 Å². The first kappa shape index (κ1) is 19.1. The van der Waals surface area contributed by atoms with Gasteiger partial charge in [0.15, 0.2) is 0 Å². The largest absolute Gasteiger partial charge is 0.462 e. The minimum atomic E-state index is -0.491. The van der Waals surface area contributed by atoms with Crippen LogP contribution >= 0.6 is 22.7 Å². The molecule has 27 heavy (non-hydrogen) atoms. The van der Waals surface area contributed by atoms with Gasteiger partial charge in [-0.2, -0.15) is 0 Å². The number of rotatable bonds is 6. The third-order valence-electron chi connectivity index (χ3n) is 3.82.